The van der Waals surface area contributed by atoms with Gasteiger partial charge in [-0.05, 0) is 42.4 Å². The second-order valence-electron chi connectivity index (χ2n) is 4.74. The van der Waals surface area contributed by atoms with Gasteiger partial charge in [0.25, 0.3) is 0 Å². The smallest absolute Gasteiger partial charge is 0.147 e. The van der Waals surface area contributed by atoms with E-state index in [1.165, 1.54) is 0 Å². The number of pyridine rings is 1. The molecule has 1 aliphatic heterocycles. The number of anilines is 1. The van der Waals surface area contributed by atoms with Crippen LogP contribution in [0.25, 0.3) is 0 Å². The second-order valence-corrected chi connectivity index (χ2v) is 5.53. The SMILES string of the molecule is Cc1nc(N2CCN(C)CC2)c(C#N)c(C)c1Br. The molecule has 0 unspecified atom stereocenters. The Bertz CT molecular complexity index is 499. The maximum atomic E-state index is 9.35. The van der Waals surface area contributed by atoms with E-state index >= 15 is 0 Å². The lowest BCUT2D eigenvalue weighted by molar-refractivity contribution is 0.312. The highest BCUT2D eigenvalue weighted by molar-refractivity contribution is 9.10. The molecule has 18 heavy (non-hydrogen) atoms. The van der Waals surface area contributed by atoms with Crippen molar-refractivity contribution in [2.24, 2.45) is 0 Å². The number of nitriles is 1. The van der Waals surface area contributed by atoms with Crippen molar-refractivity contribution in [1.29, 1.82) is 5.26 Å². The van der Waals surface area contributed by atoms with Crippen LogP contribution in [-0.4, -0.2) is 43.1 Å². The number of rotatable bonds is 1. The van der Waals surface area contributed by atoms with E-state index in [-0.39, 0.29) is 0 Å². The Hall–Kier alpha value is -1.12. The van der Waals surface area contributed by atoms with Crippen LogP contribution in [0.5, 0.6) is 0 Å². The van der Waals surface area contributed by atoms with Crippen molar-refractivity contribution in [2.75, 3.05) is 38.1 Å². The van der Waals surface area contributed by atoms with Crippen LogP contribution in [0, 0.1) is 25.2 Å². The summed E-state index contributed by atoms with van der Waals surface area (Å²) in [6.07, 6.45) is 0. The lowest BCUT2D eigenvalue weighted by Gasteiger charge is -2.34. The molecule has 2 heterocycles. The van der Waals surface area contributed by atoms with Gasteiger partial charge in [-0.1, -0.05) is 0 Å². The van der Waals surface area contributed by atoms with Gasteiger partial charge < -0.3 is 9.80 Å². The Morgan fingerprint density at radius 1 is 1.22 bits per heavy atom. The largest absolute Gasteiger partial charge is 0.353 e. The fourth-order valence-electron chi connectivity index (χ4n) is 2.19. The lowest BCUT2D eigenvalue weighted by atomic mass is 10.1. The summed E-state index contributed by atoms with van der Waals surface area (Å²) in [6.45, 7) is 7.83. The zero-order chi connectivity index (χ0) is 13.3. The van der Waals surface area contributed by atoms with Crippen LogP contribution in [0.15, 0.2) is 4.47 Å². The van der Waals surface area contributed by atoms with Gasteiger partial charge in [0.1, 0.15) is 11.9 Å². The molecule has 0 aliphatic carbocycles. The standard InChI is InChI=1S/C13H17BrN4/c1-9-11(8-15)13(16-10(2)12(9)14)18-6-4-17(3)5-7-18/h4-7H2,1-3H3. The maximum absolute atomic E-state index is 9.35. The fourth-order valence-corrected chi connectivity index (χ4v) is 2.48. The second kappa shape index (κ2) is 5.25. The van der Waals surface area contributed by atoms with Crippen molar-refractivity contribution in [3.05, 3.63) is 21.3 Å². The third-order valence-corrected chi connectivity index (χ3v) is 4.60. The number of aryl methyl sites for hydroxylation is 1. The van der Waals surface area contributed by atoms with Crippen LogP contribution in [0.4, 0.5) is 5.82 Å². The Morgan fingerprint density at radius 3 is 2.39 bits per heavy atom. The molecule has 1 aliphatic rings. The van der Waals surface area contributed by atoms with Crippen molar-refractivity contribution >= 4 is 21.7 Å². The number of hydrogen-bond donors (Lipinski definition) is 0. The highest BCUT2D eigenvalue weighted by atomic mass is 79.9. The van der Waals surface area contributed by atoms with Crippen LogP contribution >= 0.6 is 15.9 Å². The van der Waals surface area contributed by atoms with E-state index in [2.05, 4.69) is 43.8 Å². The number of hydrogen-bond acceptors (Lipinski definition) is 4. The molecule has 0 spiro atoms. The van der Waals surface area contributed by atoms with Crippen molar-refractivity contribution in [2.45, 2.75) is 13.8 Å². The van der Waals surface area contributed by atoms with E-state index in [9.17, 15) is 5.26 Å². The van der Waals surface area contributed by atoms with Crippen molar-refractivity contribution < 1.29 is 0 Å². The molecular formula is C13H17BrN4. The molecule has 0 radical (unpaired) electrons. The van der Waals surface area contributed by atoms with Gasteiger partial charge in [0, 0.05) is 30.7 Å². The molecule has 1 saturated heterocycles. The van der Waals surface area contributed by atoms with Gasteiger partial charge in [0.15, 0.2) is 0 Å². The fraction of sp³-hybridized carbons (Fsp3) is 0.538. The first kappa shape index (κ1) is 13.3. The summed E-state index contributed by atoms with van der Waals surface area (Å²) in [5.74, 6) is 0.837. The average molecular weight is 309 g/mol. The summed E-state index contributed by atoms with van der Waals surface area (Å²) in [4.78, 5) is 9.10. The normalized spacial score (nSPS) is 16.7. The molecule has 2 rings (SSSR count). The summed E-state index contributed by atoms with van der Waals surface area (Å²) < 4.78 is 0.942. The van der Waals surface area contributed by atoms with Crippen LogP contribution in [-0.2, 0) is 0 Å². The van der Waals surface area contributed by atoms with Gasteiger partial charge in [-0.15, -0.1) is 0 Å². The van der Waals surface area contributed by atoms with Crippen LogP contribution in [0.1, 0.15) is 16.8 Å². The Labute approximate surface area is 116 Å². The van der Waals surface area contributed by atoms with E-state index in [0.717, 1.165) is 47.7 Å². The molecule has 0 N–H and O–H groups in total. The first-order valence-corrected chi connectivity index (χ1v) is 6.84. The first-order valence-electron chi connectivity index (χ1n) is 6.05. The van der Waals surface area contributed by atoms with Crippen LogP contribution < -0.4 is 4.90 Å². The van der Waals surface area contributed by atoms with Gasteiger partial charge in [-0.3, -0.25) is 0 Å². The minimum Gasteiger partial charge on any atom is -0.353 e. The summed E-state index contributed by atoms with van der Waals surface area (Å²) in [5, 5.41) is 9.35. The molecule has 0 aromatic carbocycles. The highest BCUT2D eigenvalue weighted by Gasteiger charge is 2.21. The molecule has 1 aromatic rings. The Kier molecular flexibility index (Phi) is 3.88. The van der Waals surface area contributed by atoms with Crippen molar-refractivity contribution in [3.8, 4) is 6.07 Å². The number of nitrogens with zero attached hydrogens (tertiary/aromatic N) is 4. The van der Waals surface area contributed by atoms with E-state index in [4.69, 9.17) is 0 Å². The summed E-state index contributed by atoms with van der Waals surface area (Å²) in [6, 6.07) is 2.29. The van der Waals surface area contributed by atoms with Crippen molar-refractivity contribution in [3.63, 3.8) is 0 Å². The third kappa shape index (κ3) is 2.36. The molecule has 5 heteroatoms. The molecule has 0 bridgehead atoms. The van der Waals surface area contributed by atoms with Crippen molar-refractivity contribution in [1.82, 2.24) is 9.88 Å². The quantitative estimate of drug-likeness (QED) is 0.797. The van der Waals surface area contributed by atoms with Crippen LogP contribution in [0.3, 0.4) is 0 Å². The molecule has 96 valence electrons. The topological polar surface area (TPSA) is 43.2 Å². The zero-order valence-electron chi connectivity index (χ0n) is 11.0. The number of likely N-dealkylation sites (N-methyl/N-ethyl adjacent to an activating group) is 1. The summed E-state index contributed by atoms with van der Waals surface area (Å²) >= 11 is 3.50. The first-order chi connectivity index (χ1) is 8.54. The molecule has 0 atom stereocenters. The van der Waals surface area contributed by atoms with Gasteiger partial charge in [0.05, 0.1) is 11.3 Å². The molecule has 1 aromatic heterocycles. The number of halogens is 1. The van der Waals surface area contributed by atoms with Gasteiger partial charge >= 0.3 is 0 Å². The zero-order valence-corrected chi connectivity index (χ0v) is 12.6. The van der Waals surface area contributed by atoms with E-state index in [1.54, 1.807) is 0 Å². The number of piperazine rings is 1. The van der Waals surface area contributed by atoms with Gasteiger partial charge in [-0.2, -0.15) is 5.26 Å². The Balaban J connectivity index is 2.42. The summed E-state index contributed by atoms with van der Waals surface area (Å²) in [7, 11) is 2.12. The highest BCUT2D eigenvalue weighted by Crippen LogP contribution is 2.29. The minimum atomic E-state index is 0.692. The van der Waals surface area contributed by atoms with E-state index in [0.29, 0.717) is 5.56 Å². The lowest BCUT2D eigenvalue weighted by Crippen LogP contribution is -2.45. The average Bonchev–Trinajstić information content (AvgIpc) is 2.37. The van der Waals surface area contributed by atoms with Crippen LogP contribution in [0.2, 0.25) is 0 Å². The molecule has 0 amide bonds. The monoisotopic (exact) mass is 308 g/mol. The third-order valence-electron chi connectivity index (χ3n) is 3.43. The minimum absolute atomic E-state index is 0.692. The molecule has 1 fully saturated rings. The maximum Gasteiger partial charge on any atom is 0.147 e. The summed E-state index contributed by atoms with van der Waals surface area (Å²) in [5.41, 5.74) is 2.62. The predicted molar refractivity (Wildman–Crippen MR) is 75.8 cm³/mol. The molecule has 4 nitrogen and oxygen atoms in total. The number of aromatic nitrogens is 1. The predicted octanol–water partition coefficient (Wildman–Crippen LogP) is 2.08. The van der Waals surface area contributed by atoms with E-state index < -0.39 is 0 Å². The Morgan fingerprint density at radius 2 is 1.83 bits per heavy atom. The van der Waals surface area contributed by atoms with E-state index in [1.807, 2.05) is 13.8 Å². The van der Waals surface area contributed by atoms with Gasteiger partial charge in [-0.25, -0.2) is 4.98 Å². The van der Waals surface area contributed by atoms with Gasteiger partial charge in [0.2, 0.25) is 0 Å². The molecular weight excluding hydrogens is 292 g/mol. The molecule has 0 saturated carbocycles.